The van der Waals surface area contributed by atoms with Crippen molar-refractivity contribution >= 4 is 44.9 Å². The van der Waals surface area contributed by atoms with Crippen molar-refractivity contribution in [3.8, 4) is 5.75 Å². The van der Waals surface area contributed by atoms with Gasteiger partial charge < -0.3 is 24.1 Å². The van der Waals surface area contributed by atoms with Crippen LogP contribution >= 0.6 is 11.3 Å². The highest BCUT2D eigenvalue weighted by Crippen LogP contribution is 2.35. The van der Waals surface area contributed by atoms with Gasteiger partial charge in [-0.05, 0) is 42.5 Å². The van der Waals surface area contributed by atoms with Crippen molar-refractivity contribution in [2.24, 2.45) is 0 Å². The predicted molar refractivity (Wildman–Crippen MR) is 143 cm³/mol. The lowest BCUT2D eigenvalue weighted by Crippen LogP contribution is -2.21. The standard InChI is InChI=1S/C28H28N2O6S/c1-5-15-34-28(33)23-17(2)24(27(32)30(3)4)37-26(23)29-25(31)22-14-13-19(36-22)16-35-21-12-8-10-18-9-6-7-11-20(18)21/h6-14H,5,15-16H2,1-4H3,(H,29,31). The number of furan rings is 1. The highest BCUT2D eigenvalue weighted by molar-refractivity contribution is 7.18. The zero-order valence-electron chi connectivity index (χ0n) is 21.1. The molecule has 0 unspecified atom stereocenters. The van der Waals surface area contributed by atoms with Gasteiger partial charge in [-0.25, -0.2) is 4.79 Å². The number of nitrogens with one attached hydrogen (secondary N) is 1. The van der Waals surface area contributed by atoms with E-state index in [9.17, 15) is 14.4 Å². The van der Waals surface area contributed by atoms with Crippen LogP contribution in [0.1, 0.15) is 55.3 Å². The van der Waals surface area contributed by atoms with Crippen LogP contribution in [0, 0.1) is 6.92 Å². The number of hydrogen-bond donors (Lipinski definition) is 1. The minimum absolute atomic E-state index is 0.0518. The average molecular weight is 521 g/mol. The zero-order chi connectivity index (χ0) is 26.5. The summed E-state index contributed by atoms with van der Waals surface area (Å²) in [6.45, 7) is 3.92. The van der Waals surface area contributed by atoms with Crippen molar-refractivity contribution in [2.45, 2.75) is 26.9 Å². The number of esters is 1. The van der Waals surface area contributed by atoms with Crippen LogP contribution in [0.25, 0.3) is 10.8 Å². The molecular formula is C28H28N2O6S. The van der Waals surface area contributed by atoms with E-state index >= 15 is 0 Å². The van der Waals surface area contributed by atoms with Crippen LogP contribution in [0.3, 0.4) is 0 Å². The Labute approximate surface area is 218 Å². The SMILES string of the molecule is CCCOC(=O)c1c(NC(=O)c2ccc(COc3cccc4ccccc34)o2)sc(C(=O)N(C)C)c1C. The molecule has 0 atom stereocenters. The summed E-state index contributed by atoms with van der Waals surface area (Å²) < 4.78 is 17.0. The molecule has 192 valence electrons. The lowest BCUT2D eigenvalue weighted by molar-refractivity contribution is 0.0506. The van der Waals surface area contributed by atoms with E-state index in [2.05, 4.69) is 5.32 Å². The van der Waals surface area contributed by atoms with Crippen molar-refractivity contribution < 1.29 is 28.3 Å². The van der Waals surface area contributed by atoms with E-state index in [-0.39, 0.29) is 35.4 Å². The molecule has 2 heterocycles. The molecule has 8 nitrogen and oxygen atoms in total. The average Bonchev–Trinajstić information content (AvgIpc) is 3.50. The third-order valence-electron chi connectivity index (χ3n) is 5.62. The Bertz CT molecular complexity index is 1450. The molecule has 0 spiro atoms. The molecule has 0 radical (unpaired) electrons. The van der Waals surface area contributed by atoms with Gasteiger partial charge in [-0.1, -0.05) is 43.3 Å². The molecule has 0 fully saturated rings. The molecule has 0 aliphatic rings. The molecule has 0 saturated carbocycles. The Kier molecular flexibility index (Phi) is 7.93. The molecule has 37 heavy (non-hydrogen) atoms. The third-order valence-corrected chi connectivity index (χ3v) is 6.82. The summed E-state index contributed by atoms with van der Waals surface area (Å²) >= 11 is 1.03. The number of carbonyl (C=O) groups is 3. The highest BCUT2D eigenvalue weighted by atomic mass is 32.1. The van der Waals surface area contributed by atoms with E-state index in [1.807, 2.05) is 49.4 Å². The summed E-state index contributed by atoms with van der Waals surface area (Å²) in [4.78, 5) is 40.2. The van der Waals surface area contributed by atoms with Gasteiger partial charge in [0.25, 0.3) is 11.8 Å². The fraction of sp³-hybridized carbons (Fsp3) is 0.250. The molecule has 4 rings (SSSR count). The quantitative estimate of drug-likeness (QED) is 0.276. The number of amides is 2. The number of hydrogen-bond acceptors (Lipinski definition) is 7. The van der Waals surface area contributed by atoms with Crippen LogP contribution in [0.2, 0.25) is 0 Å². The first-order chi connectivity index (χ1) is 17.8. The Morgan fingerprint density at radius 1 is 1.03 bits per heavy atom. The van der Waals surface area contributed by atoms with Crippen molar-refractivity contribution in [1.29, 1.82) is 0 Å². The summed E-state index contributed by atoms with van der Waals surface area (Å²) in [5.41, 5.74) is 0.631. The summed E-state index contributed by atoms with van der Waals surface area (Å²) in [6, 6.07) is 16.9. The summed E-state index contributed by atoms with van der Waals surface area (Å²) in [5.74, 6) is -0.179. The van der Waals surface area contributed by atoms with Gasteiger partial charge in [-0.3, -0.25) is 9.59 Å². The second kappa shape index (κ2) is 11.3. The number of ether oxygens (including phenoxy) is 2. The fourth-order valence-corrected chi connectivity index (χ4v) is 4.95. The second-order valence-electron chi connectivity index (χ2n) is 8.58. The summed E-state index contributed by atoms with van der Waals surface area (Å²) in [5, 5.41) is 5.00. The molecule has 0 saturated heterocycles. The molecular weight excluding hydrogens is 492 g/mol. The Balaban J connectivity index is 1.52. The van der Waals surface area contributed by atoms with Gasteiger partial charge in [0.2, 0.25) is 0 Å². The van der Waals surface area contributed by atoms with Gasteiger partial charge in [-0.15, -0.1) is 11.3 Å². The number of benzene rings is 2. The van der Waals surface area contributed by atoms with Crippen LogP contribution in [0.5, 0.6) is 5.75 Å². The van der Waals surface area contributed by atoms with Crippen molar-refractivity contribution in [3.63, 3.8) is 0 Å². The fourth-order valence-electron chi connectivity index (χ4n) is 3.73. The lowest BCUT2D eigenvalue weighted by atomic mass is 10.1. The lowest BCUT2D eigenvalue weighted by Gasteiger charge is -2.09. The summed E-state index contributed by atoms with van der Waals surface area (Å²) in [6.07, 6.45) is 0.649. The van der Waals surface area contributed by atoms with Crippen LogP contribution in [-0.2, 0) is 11.3 Å². The van der Waals surface area contributed by atoms with Crippen LogP contribution in [0.4, 0.5) is 5.00 Å². The predicted octanol–water partition coefficient (Wildman–Crippen LogP) is 5.90. The molecule has 0 bridgehead atoms. The minimum atomic E-state index is -0.590. The number of thiophene rings is 1. The smallest absolute Gasteiger partial charge is 0.341 e. The third kappa shape index (κ3) is 5.67. The van der Waals surface area contributed by atoms with E-state index in [4.69, 9.17) is 13.9 Å². The second-order valence-corrected chi connectivity index (χ2v) is 9.60. The van der Waals surface area contributed by atoms with E-state index in [1.54, 1.807) is 33.2 Å². The van der Waals surface area contributed by atoms with Crippen LogP contribution < -0.4 is 10.1 Å². The largest absolute Gasteiger partial charge is 0.485 e. The number of nitrogens with zero attached hydrogens (tertiary/aromatic N) is 1. The van der Waals surface area contributed by atoms with Gasteiger partial charge in [0.15, 0.2) is 5.76 Å². The van der Waals surface area contributed by atoms with Gasteiger partial charge in [-0.2, -0.15) is 0 Å². The normalized spacial score (nSPS) is 10.8. The molecule has 4 aromatic rings. The Morgan fingerprint density at radius 3 is 2.54 bits per heavy atom. The van der Waals surface area contributed by atoms with E-state index in [1.165, 1.54) is 4.90 Å². The molecule has 2 amide bonds. The Hall–Kier alpha value is -4.11. The number of fused-ring (bicyclic) bond motifs is 1. The maximum Gasteiger partial charge on any atom is 0.341 e. The number of carbonyl (C=O) groups excluding carboxylic acids is 3. The van der Waals surface area contributed by atoms with Crippen molar-refractivity contribution in [2.75, 3.05) is 26.0 Å². The monoisotopic (exact) mass is 520 g/mol. The number of anilines is 1. The summed E-state index contributed by atoms with van der Waals surface area (Å²) in [7, 11) is 3.25. The van der Waals surface area contributed by atoms with E-state index in [0.29, 0.717) is 28.4 Å². The molecule has 2 aromatic carbocycles. The molecule has 0 aliphatic carbocycles. The first kappa shape index (κ1) is 26.0. The van der Waals surface area contributed by atoms with Gasteiger partial charge in [0.1, 0.15) is 23.1 Å². The van der Waals surface area contributed by atoms with E-state index in [0.717, 1.165) is 22.1 Å². The minimum Gasteiger partial charge on any atom is -0.485 e. The molecule has 1 N–H and O–H groups in total. The maximum atomic E-state index is 13.0. The van der Waals surface area contributed by atoms with E-state index < -0.39 is 11.9 Å². The van der Waals surface area contributed by atoms with Gasteiger partial charge in [0, 0.05) is 19.5 Å². The first-order valence-electron chi connectivity index (χ1n) is 11.8. The maximum absolute atomic E-state index is 13.0. The number of rotatable bonds is 9. The molecule has 2 aromatic heterocycles. The molecule has 0 aliphatic heterocycles. The first-order valence-corrected chi connectivity index (χ1v) is 12.6. The van der Waals surface area contributed by atoms with Gasteiger partial charge >= 0.3 is 5.97 Å². The van der Waals surface area contributed by atoms with Crippen molar-refractivity contribution in [1.82, 2.24) is 4.90 Å². The zero-order valence-corrected chi connectivity index (χ0v) is 21.9. The Morgan fingerprint density at radius 2 is 1.78 bits per heavy atom. The van der Waals surface area contributed by atoms with Crippen molar-refractivity contribution in [3.05, 3.63) is 82.1 Å². The molecule has 9 heteroatoms. The van der Waals surface area contributed by atoms with Crippen LogP contribution in [-0.4, -0.2) is 43.4 Å². The highest BCUT2D eigenvalue weighted by Gasteiger charge is 2.28. The van der Waals surface area contributed by atoms with Gasteiger partial charge in [0.05, 0.1) is 17.0 Å². The van der Waals surface area contributed by atoms with Crippen LogP contribution in [0.15, 0.2) is 59.0 Å². The topological polar surface area (TPSA) is 98.1 Å².